The Hall–Kier alpha value is -0.240. The lowest BCUT2D eigenvalue weighted by molar-refractivity contribution is -0.216. The zero-order valence-corrected chi connectivity index (χ0v) is 10.5. The maximum absolute atomic E-state index is 10.2. The van der Waals surface area contributed by atoms with Gasteiger partial charge in [0, 0.05) is 0 Å². The van der Waals surface area contributed by atoms with E-state index in [4.69, 9.17) is 14.2 Å². The molecule has 5 unspecified atom stereocenters. The van der Waals surface area contributed by atoms with Gasteiger partial charge in [0.2, 0.25) is 0 Å². The van der Waals surface area contributed by atoms with E-state index in [9.17, 15) is 15.3 Å². The molecule has 0 amide bonds. The van der Waals surface area contributed by atoms with Gasteiger partial charge in [-0.15, -0.1) is 0 Å². The van der Waals surface area contributed by atoms with Crippen molar-refractivity contribution in [2.24, 2.45) is 0 Å². The Morgan fingerprint density at radius 2 is 1.71 bits per heavy atom. The molecule has 2 saturated heterocycles. The molecule has 6 heteroatoms. The minimum Gasteiger partial charge on any atom is -0.385 e. The van der Waals surface area contributed by atoms with Gasteiger partial charge in [0.15, 0.2) is 12.1 Å². The lowest BCUT2D eigenvalue weighted by atomic mass is 9.84. The largest absolute Gasteiger partial charge is 0.385 e. The first kappa shape index (κ1) is 13.2. The summed E-state index contributed by atoms with van der Waals surface area (Å²) in [6.45, 7) is 6.88. The Bertz CT molecular complexity index is 315. The molecule has 0 spiro atoms. The molecule has 100 valence electrons. The highest BCUT2D eigenvalue weighted by Crippen LogP contribution is 2.43. The number of hydrogen-bond acceptors (Lipinski definition) is 6. The van der Waals surface area contributed by atoms with Crippen molar-refractivity contribution in [3.05, 3.63) is 0 Å². The number of ether oxygens (including phenoxy) is 3. The Labute approximate surface area is 100 Å². The summed E-state index contributed by atoms with van der Waals surface area (Å²) < 4.78 is 16.4. The van der Waals surface area contributed by atoms with Crippen LogP contribution in [0.4, 0.5) is 0 Å². The molecule has 0 radical (unpaired) electrons. The molecule has 2 aliphatic heterocycles. The van der Waals surface area contributed by atoms with E-state index < -0.39 is 35.5 Å². The number of aliphatic hydroxyl groups excluding tert-OH is 2. The van der Waals surface area contributed by atoms with Gasteiger partial charge >= 0.3 is 0 Å². The minimum atomic E-state index is -1.59. The second kappa shape index (κ2) is 3.63. The summed E-state index contributed by atoms with van der Waals surface area (Å²) in [6, 6.07) is 0. The van der Waals surface area contributed by atoms with Crippen molar-refractivity contribution >= 4 is 0 Å². The van der Waals surface area contributed by atoms with Crippen molar-refractivity contribution in [3.8, 4) is 0 Å². The third-order valence-corrected chi connectivity index (χ3v) is 3.42. The highest BCUT2D eigenvalue weighted by atomic mass is 16.8. The van der Waals surface area contributed by atoms with Gasteiger partial charge in [0.1, 0.15) is 23.4 Å². The highest BCUT2D eigenvalue weighted by molar-refractivity contribution is 5.07. The van der Waals surface area contributed by atoms with E-state index >= 15 is 0 Å². The molecule has 3 N–H and O–H groups in total. The molecular formula is C11H20O6. The third-order valence-electron chi connectivity index (χ3n) is 3.42. The van der Waals surface area contributed by atoms with Crippen LogP contribution in [0.5, 0.6) is 0 Å². The number of rotatable bonds is 1. The second-order valence-corrected chi connectivity index (χ2v) is 5.68. The van der Waals surface area contributed by atoms with E-state index in [1.165, 1.54) is 6.92 Å². The molecule has 0 bridgehead atoms. The highest BCUT2D eigenvalue weighted by Gasteiger charge is 2.62. The van der Waals surface area contributed by atoms with Crippen LogP contribution < -0.4 is 0 Å². The molecule has 2 fully saturated rings. The van der Waals surface area contributed by atoms with E-state index in [2.05, 4.69) is 0 Å². The number of aliphatic hydroxyl groups is 3. The number of hydrogen-bond donors (Lipinski definition) is 3. The molecule has 0 aliphatic carbocycles. The fourth-order valence-corrected chi connectivity index (χ4v) is 2.62. The molecule has 2 aliphatic rings. The van der Waals surface area contributed by atoms with Gasteiger partial charge < -0.3 is 29.5 Å². The van der Waals surface area contributed by atoms with Crippen molar-refractivity contribution in [2.45, 2.75) is 63.2 Å². The molecule has 0 aromatic carbocycles. The predicted molar refractivity (Wildman–Crippen MR) is 57.0 cm³/mol. The van der Waals surface area contributed by atoms with Gasteiger partial charge in [0.05, 0.1) is 6.61 Å². The van der Waals surface area contributed by atoms with Crippen LogP contribution in [-0.2, 0) is 14.2 Å². The predicted octanol–water partition coefficient (Wildman–Crippen LogP) is -0.643. The Kier molecular flexibility index (Phi) is 2.82. The summed E-state index contributed by atoms with van der Waals surface area (Å²) in [5.74, 6) is -0.771. The van der Waals surface area contributed by atoms with E-state index in [1.54, 1.807) is 20.8 Å². The molecule has 2 rings (SSSR count). The van der Waals surface area contributed by atoms with Gasteiger partial charge in [-0.05, 0) is 27.7 Å². The van der Waals surface area contributed by atoms with Crippen molar-refractivity contribution in [1.29, 1.82) is 0 Å². The zero-order chi connectivity index (χ0) is 13.1. The summed E-state index contributed by atoms with van der Waals surface area (Å²) >= 11 is 0. The molecule has 2 heterocycles. The van der Waals surface area contributed by atoms with Crippen molar-refractivity contribution < 1.29 is 29.5 Å². The van der Waals surface area contributed by atoms with E-state index in [0.29, 0.717) is 0 Å². The third kappa shape index (κ3) is 1.99. The molecule has 0 aromatic heterocycles. The van der Waals surface area contributed by atoms with E-state index in [1.807, 2.05) is 0 Å². The van der Waals surface area contributed by atoms with E-state index in [-0.39, 0.29) is 6.61 Å². The van der Waals surface area contributed by atoms with Crippen LogP contribution in [0.1, 0.15) is 27.7 Å². The maximum Gasteiger partial charge on any atom is 0.184 e. The summed E-state index contributed by atoms with van der Waals surface area (Å²) in [7, 11) is 0. The van der Waals surface area contributed by atoms with Crippen LogP contribution in [0.3, 0.4) is 0 Å². The first-order valence-electron chi connectivity index (χ1n) is 5.67. The van der Waals surface area contributed by atoms with Crippen LogP contribution in [0, 0.1) is 0 Å². The van der Waals surface area contributed by atoms with Crippen LogP contribution in [-0.4, -0.2) is 57.4 Å². The lowest BCUT2D eigenvalue weighted by Crippen LogP contribution is -2.56. The SMILES string of the molecule is CC1(C)OCC(C)(C2OC(O)C(O)C2(C)O)O1. The summed E-state index contributed by atoms with van der Waals surface area (Å²) in [5, 5.41) is 29.4. The maximum atomic E-state index is 10.2. The van der Waals surface area contributed by atoms with Crippen molar-refractivity contribution in [3.63, 3.8) is 0 Å². The average molecular weight is 248 g/mol. The fourth-order valence-electron chi connectivity index (χ4n) is 2.62. The van der Waals surface area contributed by atoms with Gasteiger partial charge in [-0.1, -0.05) is 0 Å². The van der Waals surface area contributed by atoms with Crippen LogP contribution in [0.15, 0.2) is 0 Å². The van der Waals surface area contributed by atoms with Gasteiger partial charge in [-0.25, -0.2) is 0 Å². The summed E-state index contributed by atoms with van der Waals surface area (Å²) in [6.07, 6.45) is -3.64. The quantitative estimate of drug-likeness (QED) is 0.572. The minimum absolute atomic E-state index is 0.222. The summed E-state index contributed by atoms with van der Waals surface area (Å²) in [5.41, 5.74) is -2.50. The standard InChI is InChI=1S/C11H20O6/c1-9(2)15-5-10(3,17-9)8-11(4,14)6(12)7(13)16-8/h6-8,12-14H,5H2,1-4H3. The topological polar surface area (TPSA) is 88.4 Å². The fraction of sp³-hybridized carbons (Fsp3) is 1.00. The van der Waals surface area contributed by atoms with Gasteiger partial charge in [0.25, 0.3) is 0 Å². The molecule has 0 aromatic rings. The van der Waals surface area contributed by atoms with E-state index in [0.717, 1.165) is 0 Å². The first-order chi connectivity index (χ1) is 7.58. The van der Waals surface area contributed by atoms with Crippen LogP contribution in [0.2, 0.25) is 0 Å². The van der Waals surface area contributed by atoms with Crippen molar-refractivity contribution in [2.75, 3.05) is 6.61 Å². The molecular weight excluding hydrogens is 228 g/mol. The van der Waals surface area contributed by atoms with Gasteiger partial charge in [-0.2, -0.15) is 0 Å². The first-order valence-corrected chi connectivity index (χ1v) is 5.67. The molecule has 0 saturated carbocycles. The Morgan fingerprint density at radius 3 is 2.06 bits per heavy atom. The van der Waals surface area contributed by atoms with Crippen molar-refractivity contribution in [1.82, 2.24) is 0 Å². The monoisotopic (exact) mass is 248 g/mol. The molecule has 5 atom stereocenters. The molecule has 6 nitrogen and oxygen atoms in total. The zero-order valence-electron chi connectivity index (χ0n) is 10.5. The van der Waals surface area contributed by atoms with Crippen LogP contribution >= 0.6 is 0 Å². The Balaban J connectivity index is 2.24. The van der Waals surface area contributed by atoms with Gasteiger partial charge in [-0.3, -0.25) is 0 Å². The lowest BCUT2D eigenvalue weighted by Gasteiger charge is -2.37. The smallest absolute Gasteiger partial charge is 0.184 e. The Morgan fingerprint density at radius 1 is 1.12 bits per heavy atom. The molecule has 17 heavy (non-hydrogen) atoms. The van der Waals surface area contributed by atoms with Crippen LogP contribution in [0.25, 0.3) is 0 Å². The average Bonchev–Trinajstić information content (AvgIpc) is 2.57. The second-order valence-electron chi connectivity index (χ2n) is 5.68. The summed E-state index contributed by atoms with van der Waals surface area (Å²) in [4.78, 5) is 0. The normalized spacial score (nSPS) is 54.2.